The molecule has 0 bridgehead atoms. The molecule has 49 valence electrons. The lowest BCUT2D eigenvalue weighted by atomic mass is 10.2. The van der Waals surface area contributed by atoms with E-state index in [0.717, 1.165) is 17.9 Å². The molecule has 0 spiro atoms. The van der Waals surface area contributed by atoms with Crippen LogP contribution < -0.4 is 0 Å². The molecule has 0 fully saturated rings. The highest BCUT2D eigenvalue weighted by atomic mass is 16.3. The van der Waals surface area contributed by atoms with Gasteiger partial charge in [-0.2, -0.15) is 0 Å². The van der Waals surface area contributed by atoms with Crippen molar-refractivity contribution in [3.63, 3.8) is 0 Å². The maximum absolute atomic E-state index is 5.25. The van der Waals surface area contributed by atoms with Crippen LogP contribution in [0.3, 0.4) is 0 Å². The highest BCUT2D eigenvalue weighted by Gasteiger charge is 2.00. The van der Waals surface area contributed by atoms with Crippen LogP contribution >= 0.6 is 0 Å². The average Bonchev–Trinajstić information content (AvgIpc) is 2.10. The van der Waals surface area contributed by atoms with Crippen LogP contribution in [0.1, 0.15) is 24.0 Å². The Morgan fingerprint density at radius 2 is 2.11 bits per heavy atom. The van der Waals surface area contributed by atoms with Crippen molar-refractivity contribution in [2.24, 2.45) is 0 Å². The fraction of sp³-hybridized carbons (Fsp3) is 0.500. The summed E-state index contributed by atoms with van der Waals surface area (Å²) in [5, 5.41) is 0. The largest absolute Gasteiger partial charge is 0.466 e. The summed E-state index contributed by atoms with van der Waals surface area (Å²) in [6.07, 6.45) is 1.02. The first-order valence-corrected chi connectivity index (χ1v) is 3.22. The van der Waals surface area contributed by atoms with Gasteiger partial charge in [-0.15, -0.1) is 0 Å². The molecule has 1 aromatic heterocycles. The Balaban J connectivity index is 3.01. The molecule has 0 N–H and O–H groups in total. The first-order chi connectivity index (χ1) is 4.24. The number of furan rings is 1. The number of aryl methyl sites for hydroxylation is 3. The zero-order valence-corrected chi connectivity index (χ0v) is 6.12. The predicted molar refractivity (Wildman–Crippen MR) is 36.4 cm³/mol. The first-order valence-electron chi connectivity index (χ1n) is 3.22. The van der Waals surface area contributed by atoms with E-state index in [1.165, 1.54) is 5.56 Å². The number of hydrogen-bond acceptors (Lipinski definition) is 1. The summed E-state index contributed by atoms with van der Waals surface area (Å²) < 4.78 is 5.25. The Bertz CT molecular complexity index is 198. The lowest BCUT2D eigenvalue weighted by Crippen LogP contribution is -1.75. The molecule has 0 unspecified atom stereocenters. The SMILES string of the molecule is CCc1[c]c(C)oc1C. The van der Waals surface area contributed by atoms with E-state index in [0.29, 0.717) is 0 Å². The van der Waals surface area contributed by atoms with Gasteiger partial charge in [0.25, 0.3) is 0 Å². The fourth-order valence-electron chi connectivity index (χ4n) is 0.955. The summed E-state index contributed by atoms with van der Waals surface area (Å²) in [5.74, 6) is 1.90. The molecule has 1 radical (unpaired) electrons. The summed E-state index contributed by atoms with van der Waals surface area (Å²) in [4.78, 5) is 0. The van der Waals surface area contributed by atoms with Gasteiger partial charge in [-0.25, -0.2) is 0 Å². The number of rotatable bonds is 1. The summed E-state index contributed by atoms with van der Waals surface area (Å²) in [6, 6.07) is 3.13. The van der Waals surface area contributed by atoms with Crippen LogP contribution in [0, 0.1) is 19.9 Å². The van der Waals surface area contributed by atoms with Crippen molar-refractivity contribution in [3.05, 3.63) is 23.2 Å². The van der Waals surface area contributed by atoms with Crippen LogP contribution in [0.4, 0.5) is 0 Å². The van der Waals surface area contributed by atoms with Crippen molar-refractivity contribution in [1.82, 2.24) is 0 Å². The molecule has 1 rings (SSSR count). The normalized spacial score (nSPS) is 10.1. The molecule has 1 aromatic rings. The third kappa shape index (κ3) is 1.15. The highest BCUT2D eigenvalue weighted by Crippen LogP contribution is 2.12. The molecule has 0 aliphatic heterocycles. The summed E-state index contributed by atoms with van der Waals surface area (Å²) in [7, 11) is 0. The van der Waals surface area contributed by atoms with Gasteiger partial charge in [-0.3, -0.25) is 0 Å². The quantitative estimate of drug-likeness (QED) is 0.558. The molecule has 0 aliphatic rings. The van der Waals surface area contributed by atoms with E-state index in [4.69, 9.17) is 4.42 Å². The van der Waals surface area contributed by atoms with E-state index in [9.17, 15) is 0 Å². The van der Waals surface area contributed by atoms with Gasteiger partial charge >= 0.3 is 0 Å². The van der Waals surface area contributed by atoms with Crippen LogP contribution in [-0.2, 0) is 6.42 Å². The zero-order valence-electron chi connectivity index (χ0n) is 6.12. The van der Waals surface area contributed by atoms with Gasteiger partial charge in [0, 0.05) is 11.6 Å². The second-order valence-corrected chi connectivity index (χ2v) is 2.17. The Kier molecular flexibility index (Phi) is 1.60. The molecule has 0 aromatic carbocycles. The van der Waals surface area contributed by atoms with Gasteiger partial charge in [0.1, 0.15) is 11.5 Å². The first kappa shape index (κ1) is 6.40. The molecule has 1 heterocycles. The third-order valence-electron chi connectivity index (χ3n) is 1.41. The Labute approximate surface area is 55.7 Å². The minimum atomic E-state index is 0.893. The van der Waals surface area contributed by atoms with Gasteiger partial charge in [0.15, 0.2) is 0 Å². The minimum absolute atomic E-state index is 0.893. The number of hydrogen-bond donors (Lipinski definition) is 0. The molecule has 1 nitrogen and oxygen atoms in total. The van der Waals surface area contributed by atoms with E-state index >= 15 is 0 Å². The second kappa shape index (κ2) is 2.26. The maximum atomic E-state index is 5.25. The van der Waals surface area contributed by atoms with Crippen molar-refractivity contribution >= 4 is 0 Å². The van der Waals surface area contributed by atoms with Gasteiger partial charge in [-0.05, 0) is 20.3 Å². The van der Waals surface area contributed by atoms with Crippen molar-refractivity contribution < 1.29 is 4.42 Å². The molecule has 0 saturated carbocycles. The van der Waals surface area contributed by atoms with Crippen molar-refractivity contribution in [3.8, 4) is 0 Å². The van der Waals surface area contributed by atoms with Crippen LogP contribution in [0.5, 0.6) is 0 Å². The van der Waals surface area contributed by atoms with Crippen molar-refractivity contribution in [1.29, 1.82) is 0 Å². The minimum Gasteiger partial charge on any atom is -0.466 e. The average molecular weight is 123 g/mol. The summed E-state index contributed by atoms with van der Waals surface area (Å²) in [6.45, 7) is 6.00. The molecule has 0 atom stereocenters. The molecule has 0 saturated heterocycles. The fourth-order valence-corrected chi connectivity index (χ4v) is 0.955. The second-order valence-electron chi connectivity index (χ2n) is 2.17. The smallest absolute Gasteiger partial charge is 0.109 e. The molecule has 1 heteroatoms. The third-order valence-corrected chi connectivity index (χ3v) is 1.41. The van der Waals surface area contributed by atoms with Crippen LogP contribution in [-0.4, -0.2) is 0 Å². The zero-order chi connectivity index (χ0) is 6.85. The molecule has 0 aliphatic carbocycles. The van der Waals surface area contributed by atoms with E-state index in [1.807, 2.05) is 13.8 Å². The molecular formula is C8H11O. The molecular weight excluding hydrogens is 112 g/mol. The molecule has 9 heavy (non-hydrogen) atoms. The van der Waals surface area contributed by atoms with Gasteiger partial charge < -0.3 is 4.42 Å². The van der Waals surface area contributed by atoms with Crippen molar-refractivity contribution in [2.75, 3.05) is 0 Å². The Morgan fingerprint density at radius 1 is 1.44 bits per heavy atom. The Morgan fingerprint density at radius 3 is 2.33 bits per heavy atom. The molecule has 0 amide bonds. The van der Waals surface area contributed by atoms with Gasteiger partial charge in [-0.1, -0.05) is 6.92 Å². The van der Waals surface area contributed by atoms with E-state index < -0.39 is 0 Å². The van der Waals surface area contributed by atoms with Crippen LogP contribution in [0.2, 0.25) is 0 Å². The van der Waals surface area contributed by atoms with Crippen LogP contribution in [0.15, 0.2) is 4.42 Å². The van der Waals surface area contributed by atoms with Crippen molar-refractivity contribution in [2.45, 2.75) is 27.2 Å². The summed E-state index contributed by atoms with van der Waals surface area (Å²) in [5.41, 5.74) is 1.20. The standard InChI is InChI=1S/C8H11O/c1-4-8-5-6(2)9-7(8)3/h4H2,1-3H3. The lowest BCUT2D eigenvalue weighted by molar-refractivity contribution is 0.501. The highest BCUT2D eigenvalue weighted by molar-refractivity contribution is 5.17. The van der Waals surface area contributed by atoms with E-state index in [-0.39, 0.29) is 0 Å². The van der Waals surface area contributed by atoms with Crippen LogP contribution in [0.25, 0.3) is 0 Å². The monoisotopic (exact) mass is 123 g/mol. The van der Waals surface area contributed by atoms with E-state index in [1.54, 1.807) is 0 Å². The summed E-state index contributed by atoms with van der Waals surface area (Å²) >= 11 is 0. The lowest BCUT2D eigenvalue weighted by Gasteiger charge is -1.86. The Hall–Kier alpha value is -0.720. The van der Waals surface area contributed by atoms with Gasteiger partial charge in [0.2, 0.25) is 0 Å². The maximum Gasteiger partial charge on any atom is 0.109 e. The predicted octanol–water partition coefficient (Wildman–Crippen LogP) is 2.26. The van der Waals surface area contributed by atoms with E-state index in [2.05, 4.69) is 13.0 Å². The van der Waals surface area contributed by atoms with Gasteiger partial charge in [0.05, 0.1) is 0 Å². The topological polar surface area (TPSA) is 13.1 Å².